The first kappa shape index (κ1) is 12.0. The Morgan fingerprint density at radius 3 is 2.53 bits per heavy atom. The van der Waals surface area contributed by atoms with Crippen LogP contribution in [-0.4, -0.2) is 36.5 Å². The van der Waals surface area contributed by atoms with Gasteiger partial charge in [-0.3, -0.25) is 4.79 Å². The first-order chi connectivity index (χ1) is 6.86. The second-order valence-electron chi connectivity index (χ2n) is 5.04. The number of nitrogens with zero attached hydrogens (tertiary/aromatic N) is 1. The van der Waals surface area contributed by atoms with E-state index in [1.54, 1.807) is 4.90 Å². The molecule has 0 spiro atoms. The minimum atomic E-state index is -0.331. The van der Waals surface area contributed by atoms with Crippen LogP contribution in [0.2, 0.25) is 0 Å². The topological polar surface area (TPSA) is 46.6 Å². The van der Waals surface area contributed by atoms with Crippen molar-refractivity contribution < 1.29 is 14.3 Å². The van der Waals surface area contributed by atoms with Crippen LogP contribution in [0.25, 0.3) is 0 Å². The number of likely N-dealkylation sites (tertiary alicyclic amines) is 1. The van der Waals surface area contributed by atoms with Crippen molar-refractivity contribution in [3.63, 3.8) is 0 Å². The highest BCUT2D eigenvalue weighted by molar-refractivity contribution is 5.82. The molecule has 0 aromatic rings. The van der Waals surface area contributed by atoms with Crippen molar-refractivity contribution in [1.29, 1.82) is 0 Å². The smallest absolute Gasteiger partial charge is 0.409 e. The van der Waals surface area contributed by atoms with Crippen LogP contribution in [0.3, 0.4) is 0 Å². The summed E-state index contributed by atoms with van der Waals surface area (Å²) in [6, 6.07) is -0.0498. The molecule has 1 atom stereocenters. The van der Waals surface area contributed by atoms with Crippen molar-refractivity contribution in [3.8, 4) is 0 Å². The van der Waals surface area contributed by atoms with Crippen molar-refractivity contribution in [2.75, 3.05) is 13.7 Å². The molecule has 0 aromatic heterocycles. The van der Waals surface area contributed by atoms with Gasteiger partial charge in [0.25, 0.3) is 0 Å². The Bertz CT molecular complexity index is 267. The van der Waals surface area contributed by atoms with Gasteiger partial charge in [-0.05, 0) is 5.41 Å². The minimum Gasteiger partial charge on any atom is -0.453 e. The van der Waals surface area contributed by atoms with E-state index in [0.29, 0.717) is 19.4 Å². The molecule has 4 nitrogen and oxygen atoms in total. The normalized spacial score (nSPS) is 22.8. The van der Waals surface area contributed by atoms with Gasteiger partial charge in [0.15, 0.2) is 0 Å². The maximum absolute atomic E-state index is 11.5. The fourth-order valence-corrected chi connectivity index (χ4v) is 1.94. The summed E-state index contributed by atoms with van der Waals surface area (Å²) in [5.41, 5.74) is -0.0930. The van der Waals surface area contributed by atoms with Crippen molar-refractivity contribution in [1.82, 2.24) is 4.90 Å². The molecule has 0 aromatic carbocycles. The number of rotatable bonds is 0. The molecule has 0 aliphatic carbocycles. The van der Waals surface area contributed by atoms with Crippen LogP contribution in [-0.2, 0) is 9.53 Å². The third kappa shape index (κ3) is 2.70. The fraction of sp³-hybridized carbons (Fsp3) is 0.818. The molecule has 0 bridgehead atoms. The second-order valence-corrected chi connectivity index (χ2v) is 5.04. The van der Waals surface area contributed by atoms with Gasteiger partial charge >= 0.3 is 6.09 Å². The number of piperidine rings is 1. The van der Waals surface area contributed by atoms with E-state index >= 15 is 0 Å². The van der Waals surface area contributed by atoms with Gasteiger partial charge in [-0.15, -0.1) is 0 Å². The Morgan fingerprint density at radius 1 is 1.47 bits per heavy atom. The van der Waals surface area contributed by atoms with E-state index in [1.165, 1.54) is 7.11 Å². The minimum absolute atomic E-state index is 0.0498. The van der Waals surface area contributed by atoms with Crippen LogP contribution in [0.4, 0.5) is 4.79 Å². The molecule has 0 radical (unpaired) electrons. The molecule has 0 N–H and O–H groups in total. The standard InChI is InChI=1S/C11H19NO3/c1-11(2,3)9-7-8(13)5-6-12(9)10(14)15-4/h9H,5-7H2,1-4H3. The summed E-state index contributed by atoms with van der Waals surface area (Å²) in [6.07, 6.45) is 0.558. The van der Waals surface area contributed by atoms with Crippen LogP contribution in [0.1, 0.15) is 33.6 Å². The van der Waals surface area contributed by atoms with Gasteiger partial charge in [0.2, 0.25) is 0 Å². The van der Waals surface area contributed by atoms with Crippen molar-refractivity contribution in [2.24, 2.45) is 5.41 Å². The quantitative estimate of drug-likeness (QED) is 0.616. The predicted octanol–water partition coefficient (Wildman–Crippen LogP) is 1.83. The van der Waals surface area contributed by atoms with Gasteiger partial charge in [0.1, 0.15) is 5.78 Å². The van der Waals surface area contributed by atoms with Crippen molar-refractivity contribution in [3.05, 3.63) is 0 Å². The predicted molar refractivity (Wildman–Crippen MR) is 56.6 cm³/mol. The summed E-state index contributed by atoms with van der Waals surface area (Å²) in [5.74, 6) is 0.232. The average Bonchev–Trinajstić information content (AvgIpc) is 2.15. The maximum Gasteiger partial charge on any atom is 0.409 e. The van der Waals surface area contributed by atoms with Crippen molar-refractivity contribution in [2.45, 2.75) is 39.7 Å². The second kappa shape index (κ2) is 4.21. The number of carbonyl (C=O) groups excluding carboxylic acids is 2. The summed E-state index contributed by atoms with van der Waals surface area (Å²) in [4.78, 5) is 24.6. The zero-order valence-corrected chi connectivity index (χ0v) is 9.87. The Hall–Kier alpha value is -1.06. The molecule has 1 aliphatic heterocycles. The third-order valence-corrected chi connectivity index (χ3v) is 2.84. The Labute approximate surface area is 90.6 Å². The number of amides is 1. The molecule has 15 heavy (non-hydrogen) atoms. The van der Waals surface area contributed by atoms with Crippen LogP contribution in [0, 0.1) is 5.41 Å². The van der Waals surface area contributed by atoms with Gasteiger partial charge in [-0.1, -0.05) is 20.8 Å². The zero-order valence-electron chi connectivity index (χ0n) is 9.87. The summed E-state index contributed by atoms with van der Waals surface area (Å²) in [6.45, 7) is 6.58. The maximum atomic E-state index is 11.5. The largest absolute Gasteiger partial charge is 0.453 e. The highest BCUT2D eigenvalue weighted by Crippen LogP contribution is 2.30. The number of ether oxygens (including phenoxy) is 1. The highest BCUT2D eigenvalue weighted by atomic mass is 16.5. The Kier molecular flexibility index (Phi) is 3.37. The van der Waals surface area contributed by atoms with E-state index in [9.17, 15) is 9.59 Å². The third-order valence-electron chi connectivity index (χ3n) is 2.84. The van der Waals surface area contributed by atoms with E-state index in [4.69, 9.17) is 4.74 Å². The molecule has 1 heterocycles. The average molecular weight is 213 g/mol. The fourth-order valence-electron chi connectivity index (χ4n) is 1.94. The number of methoxy groups -OCH3 is 1. The molecule has 1 fully saturated rings. The van der Waals surface area contributed by atoms with E-state index in [-0.39, 0.29) is 23.3 Å². The van der Waals surface area contributed by atoms with E-state index in [2.05, 4.69) is 0 Å². The molecule has 1 unspecified atom stereocenters. The molecule has 1 rings (SSSR count). The SMILES string of the molecule is COC(=O)N1CCC(=O)CC1C(C)(C)C. The molecule has 0 saturated carbocycles. The van der Waals surface area contributed by atoms with Gasteiger partial charge in [0.05, 0.1) is 7.11 Å². The summed E-state index contributed by atoms with van der Waals surface area (Å²) in [7, 11) is 1.37. The molecule has 1 saturated heterocycles. The van der Waals surface area contributed by atoms with E-state index in [0.717, 1.165) is 0 Å². The molecular formula is C11H19NO3. The van der Waals surface area contributed by atoms with Crippen LogP contribution < -0.4 is 0 Å². The molecule has 86 valence electrons. The van der Waals surface area contributed by atoms with Gasteiger partial charge < -0.3 is 9.64 Å². The lowest BCUT2D eigenvalue weighted by Crippen LogP contribution is -2.52. The number of ketones is 1. The van der Waals surface area contributed by atoms with Gasteiger partial charge in [0, 0.05) is 25.4 Å². The summed E-state index contributed by atoms with van der Waals surface area (Å²) < 4.78 is 4.73. The summed E-state index contributed by atoms with van der Waals surface area (Å²) in [5, 5.41) is 0. The first-order valence-electron chi connectivity index (χ1n) is 5.22. The first-order valence-corrected chi connectivity index (χ1v) is 5.22. The zero-order chi connectivity index (χ0) is 11.6. The lowest BCUT2D eigenvalue weighted by Gasteiger charge is -2.41. The van der Waals surface area contributed by atoms with Crippen LogP contribution >= 0.6 is 0 Å². The lowest BCUT2D eigenvalue weighted by atomic mass is 9.80. The molecule has 1 aliphatic rings. The number of Topliss-reactive ketones (excluding diaryl/α,β-unsaturated/α-hetero) is 1. The molecule has 1 amide bonds. The lowest BCUT2D eigenvalue weighted by molar-refractivity contribution is -0.124. The Balaban J connectivity index is 2.84. The van der Waals surface area contributed by atoms with Crippen molar-refractivity contribution >= 4 is 11.9 Å². The number of carbonyl (C=O) groups is 2. The number of hydrogen-bond acceptors (Lipinski definition) is 3. The van der Waals surface area contributed by atoms with E-state index < -0.39 is 0 Å². The van der Waals surface area contributed by atoms with Crippen LogP contribution in [0.15, 0.2) is 0 Å². The summed E-state index contributed by atoms with van der Waals surface area (Å²) >= 11 is 0. The molecular weight excluding hydrogens is 194 g/mol. The molecule has 4 heteroatoms. The Morgan fingerprint density at radius 2 is 2.07 bits per heavy atom. The number of hydrogen-bond donors (Lipinski definition) is 0. The highest BCUT2D eigenvalue weighted by Gasteiger charge is 2.38. The monoisotopic (exact) mass is 213 g/mol. The van der Waals surface area contributed by atoms with Gasteiger partial charge in [-0.2, -0.15) is 0 Å². The van der Waals surface area contributed by atoms with E-state index in [1.807, 2.05) is 20.8 Å². The van der Waals surface area contributed by atoms with Crippen LogP contribution in [0.5, 0.6) is 0 Å². The van der Waals surface area contributed by atoms with Gasteiger partial charge in [-0.25, -0.2) is 4.79 Å².